The van der Waals surface area contributed by atoms with Gasteiger partial charge >= 0.3 is 0 Å². The molecule has 1 unspecified atom stereocenters. The molecule has 0 spiro atoms. The lowest BCUT2D eigenvalue weighted by Gasteiger charge is -2.15. The standard InChI is InChI=1S/C12H11NO2/c1-2-9-7-12(15)13(8-9)10-3-5-11(14)6-4-10/h1,3-6,9,14H,7-8H2. The third-order valence-electron chi connectivity index (χ3n) is 2.52. The van der Waals surface area contributed by atoms with Crippen LogP contribution in [0.25, 0.3) is 0 Å². The molecule has 1 aromatic rings. The van der Waals surface area contributed by atoms with E-state index in [0.29, 0.717) is 13.0 Å². The molecule has 0 aliphatic carbocycles. The first-order valence-corrected chi connectivity index (χ1v) is 4.76. The summed E-state index contributed by atoms with van der Waals surface area (Å²) in [6.45, 7) is 0.570. The molecule has 1 saturated heterocycles. The molecule has 1 aliphatic heterocycles. The number of terminal acetylenes is 1. The summed E-state index contributed by atoms with van der Waals surface area (Å²) in [4.78, 5) is 13.3. The Morgan fingerprint density at radius 1 is 1.40 bits per heavy atom. The summed E-state index contributed by atoms with van der Waals surface area (Å²) in [6, 6.07) is 6.55. The summed E-state index contributed by atoms with van der Waals surface area (Å²) >= 11 is 0. The van der Waals surface area contributed by atoms with Crippen molar-refractivity contribution >= 4 is 11.6 Å². The Hall–Kier alpha value is -1.95. The van der Waals surface area contributed by atoms with Crippen molar-refractivity contribution in [3.63, 3.8) is 0 Å². The van der Waals surface area contributed by atoms with Gasteiger partial charge in [-0.2, -0.15) is 0 Å². The summed E-state index contributed by atoms with van der Waals surface area (Å²) < 4.78 is 0. The SMILES string of the molecule is C#CC1CC(=O)N(c2ccc(O)cc2)C1. The van der Waals surface area contributed by atoms with Gasteiger partial charge in [0.25, 0.3) is 0 Å². The number of phenolic OH excluding ortho intramolecular Hbond substituents is 1. The molecule has 3 nitrogen and oxygen atoms in total. The molecule has 15 heavy (non-hydrogen) atoms. The lowest BCUT2D eigenvalue weighted by molar-refractivity contribution is -0.117. The van der Waals surface area contributed by atoms with Crippen LogP contribution in [0.4, 0.5) is 5.69 Å². The van der Waals surface area contributed by atoms with E-state index >= 15 is 0 Å². The normalized spacial score (nSPS) is 20.3. The first-order valence-electron chi connectivity index (χ1n) is 4.76. The van der Waals surface area contributed by atoms with Crippen molar-refractivity contribution in [1.29, 1.82) is 0 Å². The minimum Gasteiger partial charge on any atom is -0.508 e. The Bertz CT molecular complexity index is 416. The first kappa shape index (κ1) is 9.60. The fraction of sp³-hybridized carbons (Fsp3) is 0.250. The molecule has 0 radical (unpaired) electrons. The van der Waals surface area contributed by atoms with Crippen LogP contribution >= 0.6 is 0 Å². The summed E-state index contributed by atoms with van der Waals surface area (Å²) in [5.41, 5.74) is 0.788. The summed E-state index contributed by atoms with van der Waals surface area (Å²) in [5, 5.41) is 9.13. The van der Waals surface area contributed by atoms with E-state index in [9.17, 15) is 4.79 Å². The highest BCUT2D eigenvalue weighted by Gasteiger charge is 2.29. The van der Waals surface area contributed by atoms with Gasteiger partial charge in [0.05, 0.1) is 0 Å². The minimum absolute atomic E-state index is 0.00584. The summed E-state index contributed by atoms with van der Waals surface area (Å²) in [6.07, 6.45) is 5.71. The largest absolute Gasteiger partial charge is 0.508 e. The highest BCUT2D eigenvalue weighted by atomic mass is 16.3. The molecule has 1 aliphatic rings. The number of benzene rings is 1. The molecule has 0 bridgehead atoms. The van der Waals surface area contributed by atoms with E-state index in [-0.39, 0.29) is 17.6 Å². The maximum Gasteiger partial charge on any atom is 0.228 e. The number of carbonyl (C=O) groups is 1. The molecule has 76 valence electrons. The molecule has 0 aromatic heterocycles. The smallest absolute Gasteiger partial charge is 0.228 e. The summed E-state index contributed by atoms with van der Waals surface area (Å²) in [5.74, 6) is 2.84. The van der Waals surface area contributed by atoms with Gasteiger partial charge in [-0.1, -0.05) is 0 Å². The van der Waals surface area contributed by atoms with E-state index in [4.69, 9.17) is 11.5 Å². The Morgan fingerprint density at radius 2 is 2.07 bits per heavy atom. The third kappa shape index (κ3) is 1.79. The van der Waals surface area contributed by atoms with Gasteiger partial charge in [0, 0.05) is 24.6 Å². The lowest BCUT2D eigenvalue weighted by atomic mass is 10.1. The van der Waals surface area contributed by atoms with Crippen molar-refractivity contribution < 1.29 is 9.90 Å². The number of hydrogen-bond donors (Lipinski definition) is 1. The molecule has 0 saturated carbocycles. The number of rotatable bonds is 1. The van der Waals surface area contributed by atoms with Crippen LogP contribution in [0.15, 0.2) is 24.3 Å². The Morgan fingerprint density at radius 3 is 2.60 bits per heavy atom. The van der Waals surface area contributed by atoms with Crippen LogP contribution in [0.1, 0.15) is 6.42 Å². The van der Waals surface area contributed by atoms with Crippen LogP contribution in [-0.4, -0.2) is 17.6 Å². The van der Waals surface area contributed by atoms with Gasteiger partial charge < -0.3 is 10.0 Å². The first-order chi connectivity index (χ1) is 7.20. The van der Waals surface area contributed by atoms with Gasteiger partial charge in [-0.05, 0) is 24.3 Å². The Balaban J connectivity index is 2.22. The highest BCUT2D eigenvalue weighted by Crippen LogP contribution is 2.25. The second kappa shape index (κ2) is 3.66. The van der Waals surface area contributed by atoms with Gasteiger partial charge in [0.1, 0.15) is 5.75 Å². The molecule has 1 amide bonds. The molecule has 2 rings (SSSR count). The number of amides is 1. The predicted octanol–water partition coefficient (Wildman–Crippen LogP) is 1.38. The molecule has 1 aromatic carbocycles. The van der Waals surface area contributed by atoms with Crippen molar-refractivity contribution in [2.24, 2.45) is 5.92 Å². The van der Waals surface area contributed by atoms with Crippen molar-refractivity contribution in [2.75, 3.05) is 11.4 Å². The third-order valence-corrected chi connectivity index (χ3v) is 2.52. The number of aromatic hydroxyl groups is 1. The minimum atomic E-state index is 0.00584. The molecular formula is C12H11NO2. The topological polar surface area (TPSA) is 40.5 Å². The van der Waals surface area contributed by atoms with Gasteiger partial charge in [-0.15, -0.1) is 12.3 Å². The van der Waals surface area contributed by atoms with Crippen LogP contribution < -0.4 is 4.90 Å². The van der Waals surface area contributed by atoms with Gasteiger partial charge in [-0.3, -0.25) is 4.79 Å². The predicted molar refractivity (Wildman–Crippen MR) is 57.4 cm³/mol. The maximum absolute atomic E-state index is 11.6. The average molecular weight is 201 g/mol. The van der Waals surface area contributed by atoms with Gasteiger partial charge in [0.2, 0.25) is 5.91 Å². The van der Waals surface area contributed by atoms with E-state index in [1.165, 1.54) is 0 Å². The fourth-order valence-corrected chi connectivity index (χ4v) is 1.70. The zero-order chi connectivity index (χ0) is 10.8. The number of hydrogen-bond acceptors (Lipinski definition) is 2. The van der Waals surface area contributed by atoms with Crippen LogP contribution in [0.3, 0.4) is 0 Å². The average Bonchev–Trinajstić information content (AvgIpc) is 2.61. The zero-order valence-corrected chi connectivity index (χ0v) is 8.18. The number of anilines is 1. The number of carbonyl (C=O) groups excluding carboxylic acids is 1. The van der Waals surface area contributed by atoms with Crippen molar-refractivity contribution in [3.8, 4) is 18.1 Å². The van der Waals surface area contributed by atoms with Crippen molar-refractivity contribution in [2.45, 2.75) is 6.42 Å². The van der Waals surface area contributed by atoms with E-state index in [1.807, 2.05) is 0 Å². The van der Waals surface area contributed by atoms with Gasteiger partial charge in [0.15, 0.2) is 0 Å². The second-order valence-electron chi connectivity index (χ2n) is 3.59. The molecule has 1 fully saturated rings. The Kier molecular flexibility index (Phi) is 2.34. The molecule has 1 N–H and O–H groups in total. The number of phenols is 1. The van der Waals surface area contributed by atoms with Crippen molar-refractivity contribution in [1.82, 2.24) is 0 Å². The van der Waals surface area contributed by atoms with E-state index < -0.39 is 0 Å². The highest BCUT2D eigenvalue weighted by molar-refractivity contribution is 5.96. The molecule has 3 heteroatoms. The Labute approximate surface area is 88.3 Å². The van der Waals surface area contributed by atoms with Gasteiger partial charge in [-0.25, -0.2) is 0 Å². The van der Waals surface area contributed by atoms with Crippen LogP contribution in [0, 0.1) is 18.3 Å². The fourth-order valence-electron chi connectivity index (χ4n) is 1.70. The number of nitrogens with zero attached hydrogens (tertiary/aromatic N) is 1. The van der Waals surface area contributed by atoms with Crippen molar-refractivity contribution in [3.05, 3.63) is 24.3 Å². The molecule has 1 atom stereocenters. The van der Waals surface area contributed by atoms with Crippen LogP contribution in [0.5, 0.6) is 5.75 Å². The zero-order valence-electron chi connectivity index (χ0n) is 8.18. The molecular weight excluding hydrogens is 190 g/mol. The van der Waals surface area contributed by atoms with E-state index in [2.05, 4.69) is 5.92 Å². The summed E-state index contributed by atoms with van der Waals surface area (Å²) in [7, 11) is 0. The van der Waals surface area contributed by atoms with E-state index in [0.717, 1.165) is 5.69 Å². The second-order valence-corrected chi connectivity index (χ2v) is 3.59. The van der Waals surface area contributed by atoms with E-state index in [1.54, 1.807) is 29.2 Å². The molecule has 1 heterocycles. The maximum atomic E-state index is 11.6. The quantitative estimate of drug-likeness (QED) is 0.697. The lowest BCUT2D eigenvalue weighted by Crippen LogP contribution is -2.24. The monoisotopic (exact) mass is 201 g/mol. The van der Waals surface area contributed by atoms with Crippen LogP contribution in [0.2, 0.25) is 0 Å². The van der Waals surface area contributed by atoms with Crippen LogP contribution in [-0.2, 0) is 4.79 Å².